The molecule has 2 heterocycles. The first kappa shape index (κ1) is 33.5. The number of para-hydroxylation sites is 4. The Kier molecular flexibility index (Phi) is 8.11. The molecular formula is C54H36N2O2. The van der Waals surface area contributed by atoms with Gasteiger partial charge in [0.15, 0.2) is 0 Å². The molecule has 0 unspecified atom stereocenters. The van der Waals surface area contributed by atoms with Gasteiger partial charge in [-0.1, -0.05) is 121 Å². The van der Waals surface area contributed by atoms with Gasteiger partial charge in [0, 0.05) is 55.7 Å². The smallest absolute Gasteiger partial charge is 0.135 e. The molecule has 11 aromatic rings. The molecule has 4 nitrogen and oxygen atoms in total. The highest BCUT2D eigenvalue weighted by atomic mass is 16.3. The first-order valence-corrected chi connectivity index (χ1v) is 19.6. The summed E-state index contributed by atoms with van der Waals surface area (Å²) < 4.78 is 12.4. The summed E-state index contributed by atoms with van der Waals surface area (Å²) in [6.07, 6.45) is 0. The van der Waals surface area contributed by atoms with Crippen LogP contribution in [0.15, 0.2) is 227 Å². The van der Waals surface area contributed by atoms with Crippen LogP contribution in [0, 0.1) is 0 Å². The minimum Gasteiger partial charge on any atom is -0.456 e. The van der Waals surface area contributed by atoms with Crippen LogP contribution in [0.1, 0.15) is 0 Å². The van der Waals surface area contributed by atoms with Crippen LogP contribution in [-0.2, 0) is 0 Å². The molecule has 0 fully saturated rings. The van der Waals surface area contributed by atoms with Gasteiger partial charge in [-0.2, -0.15) is 0 Å². The van der Waals surface area contributed by atoms with E-state index in [2.05, 4.69) is 204 Å². The molecule has 2 aromatic heterocycles. The lowest BCUT2D eigenvalue weighted by Gasteiger charge is -2.27. The van der Waals surface area contributed by atoms with Gasteiger partial charge in [-0.25, -0.2) is 0 Å². The Morgan fingerprint density at radius 1 is 0.241 bits per heavy atom. The predicted molar refractivity (Wildman–Crippen MR) is 241 cm³/mol. The van der Waals surface area contributed by atoms with E-state index in [1.54, 1.807) is 0 Å². The molecule has 0 saturated heterocycles. The van der Waals surface area contributed by atoms with Crippen LogP contribution in [0.25, 0.3) is 66.1 Å². The van der Waals surface area contributed by atoms with Crippen molar-refractivity contribution in [3.63, 3.8) is 0 Å². The summed E-state index contributed by atoms with van der Waals surface area (Å²) in [7, 11) is 0. The number of rotatable bonds is 8. The summed E-state index contributed by atoms with van der Waals surface area (Å²) in [5.74, 6) is 0. The second-order valence-corrected chi connectivity index (χ2v) is 14.5. The Labute approximate surface area is 336 Å². The van der Waals surface area contributed by atoms with Crippen LogP contribution in [0.5, 0.6) is 0 Å². The SMILES string of the molecule is c1ccc(-c2cc(N(c3ccccc3)c3ccc4oc5ccccc5c4c3)ccc2-c2ccc(N(c3ccccc3)c3ccc4oc5ccccc5c4c3)cc2)cc1. The van der Waals surface area contributed by atoms with Gasteiger partial charge in [0.05, 0.1) is 0 Å². The lowest BCUT2D eigenvalue weighted by Crippen LogP contribution is -2.10. The number of hydrogen-bond donors (Lipinski definition) is 0. The van der Waals surface area contributed by atoms with E-state index < -0.39 is 0 Å². The number of nitrogens with zero attached hydrogens (tertiary/aromatic N) is 2. The fraction of sp³-hybridized carbons (Fsp3) is 0. The van der Waals surface area contributed by atoms with E-state index in [-0.39, 0.29) is 0 Å². The predicted octanol–water partition coefficient (Wildman–Crippen LogP) is 15.8. The van der Waals surface area contributed by atoms with Crippen molar-refractivity contribution in [2.24, 2.45) is 0 Å². The quantitative estimate of drug-likeness (QED) is 0.155. The molecule has 0 aliphatic heterocycles. The molecular weight excluding hydrogens is 709 g/mol. The van der Waals surface area contributed by atoms with Crippen molar-refractivity contribution < 1.29 is 8.83 Å². The summed E-state index contributed by atoms with van der Waals surface area (Å²) in [6.45, 7) is 0. The van der Waals surface area contributed by atoms with E-state index in [1.165, 1.54) is 0 Å². The summed E-state index contributed by atoms with van der Waals surface area (Å²) in [5, 5.41) is 4.41. The minimum atomic E-state index is 0.878. The van der Waals surface area contributed by atoms with Crippen LogP contribution in [-0.4, -0.2) is 0 Å². The number of fused-ring (bicyclic) bond motifs is 6. The maximum atomic E-state index is 6.22. The summed E-state index contributed by atoms with van der Waals surface area (Å²) >= 11 is 0. The Bertz CT molecular complexity index is 3220. The van der Waals surface area contributed by atoms with E-state index in [9.17, 15) is 0 Å². The second kappa shape index (κ2) is 14.0. The molecule has 0 atom stereocenters. The van der Waals surface area contributed by atoms with Crippen molar-refractivity contribution in [1.29, 1.82) is 0 Å². The fourth-order valence-electron chi connectivity index (χ4n) is 8.32. The Hall–Kier alpha value is -7.82. The summed E-state index contributed by atoms with van der Waals surface area (Å²) in [6, 6.07) is 77.0. The third-order valence-corrected chi connectivity index (χ3v) is 11.0. The average molecular weight is 745 g/mol. The van der Waals surface area contributed by atoms with E-state index >= 15 is 0 Å². The monoisotopic (exact) mass is 744 g/mol. The van der Waals surface area contributed by atoms with Gasteiger partial charge in [0.25, 0.3) is 0 Å². The third kappa shape index (κ3) is 5.87. The molecule has 0 bridgehead atoms. The van der Waals surface area contributed by atoms with E-state index in [0.717, 1.165) is 100 Å². The summed E-state index contributed by atoms with van der Waals surface area (Å²) in [4.78, 5) is 4.64. The molecule has 0 saturated carbocycles. The lowest BCUT2D eigenvalue weighted by molar-refractivity contribution is 0.668. The zero-order valence-electron chi connectivity index (χ0n) is 31.5. The first-order valence-electron chi connectivity index (χ1n) is 19.6. The van der Waals surface area contributed by atoms with Gasteiger partial charge in [-0.05, 0) is 119 Å². The van der Waals surface area contributed by atoms with E-state index in [1.807, 2.05) is 24.3 Å². The van der Waals surface area contributed by atoms with E-state index in [4.69, 9.17) is 8.83 Å². The molecule has 0 aliphatic carbocycles. The van der Waals surface area contributed by atoms with Gasteiger partial charge >= 0.3 is 0 Å². The van der Waals surface area contributed by atoms with Crippen LogP contribution in [0.3, 0.4) is 0 Å². The highest BCUT2D eigenvalue weighted by molar-refractivity contribution is 6.08. The van der Waals surface area contributed by atoms with Crippen molar-refractivity contribution >= 4 is 78.0 Å². The maximum Gasteiger partial charge on any atom is 0.135 e. The van der Waals surface area contributed by atoms with Crippen molar-refractivity contribution in [3.05, 3.63) is 218 Å². The molecule has 9 aromatic carbocycles. The Morgan fingerprint density at radius 2 is 0.621 bits per heavy atom. The largest absolute Gasteiger partial charge is 0.456 e. The molecule has 274 valence electrons. The van der Waals surface area contributed by atoms with E-state index in [0.29, 0.717) is 0 Å². The Balaban J connectivity index is 1.03. The molecule has 0 N–H and O–H groups in total. The van der Waals surface area contributed by atoms with Crippen molar-refractivity contribution in [3.8, 4) is 22.3 Å². The number of hydrogen-bond acceptors (Lipinski definition) is 4. The first-order chi connectivity index (χ1) is 28.7. The van der Waals surface area contributed by atoms with Crippen LogP contribution < -0.4 is 9.80 Å². The molecule has 0 spiro atoms. The van der Waals surface area contributed by atoms with Crippen LogP contribution >= 0.6 is 0 Å². The van der Waals surface area contributed by atoms with Gasteiger partial charge in [0.2, 0.25) is 0 Å². The zero-order chi connectivity index (χ0) is 38.4. The van der Waals surface area contributed by atoms with Gasteiger partial charge in [-0.15, -0.1) is 0 Å². The molecule has 58 heavy (non-hydrogen) atoms. The lowest BCUT2D eigenvalue weighted by atomic mass is 9.93. The normalized spacial score (nSPS) is 11.4. The van der Waals surface area contributed by atoms with Crippen molar-refractivity contribution in [2.75, 3.05) is 9.80 Å². The van der Waals surface area contributed by atoms with Crippen LogP contribution in [0.4, 0.5) is 34.1 Å². The maximum absolute atomic E-state index is 6.22. The third-order valence-electron chi connectivity index (χ3n) is 11.0. The molecule has 11 rings (SSSR count). The van der Waals surface area contributed by atoms with Gasteiger partial charge < -0.3 is 18.6 Å². The average Bonchev–Trinajstić information content (AvgIpc) is 3.86. The number of furan rings is 2. The zero-order valence-corrected chi connectivity index (χ0v) is 31.5. The molecule has 0 radical (unpaired) electrons. The van der Waals surface area contributed by atoms with Crippen molar-refractivity contribution in [2.45, 2.75) is 0 Å². The molecule has 0 amide bonds. The standard InChI is InChI=1S/C54H36N2O2/c1-4-14-37(15-5-1)48-34-42(56(40-18-8-3-9-19-40)44-30-33-54-50(36-44)47-21-11-13-23-52(47)58-54)28-31-45(48)38-24-26-41(27-25-38)55(39-16-6-2-7-17-39)43-29-32-53-49(35-43)46-20-10-12-22-51(46)57-53/h1-36H. The topological polar surface area (TPSA) is 32.8 Å². The van der Waals surface area contributed by atoms with Gasteiger partial charge in [0.1, 0.15) is 22.3 Å². The van der Waals surface area contributed by atoms with Crippen molar-refractivity contribution in [1.82, 2.24) is 0 Å². The fourth-order valence-corrected chi connectivity index (χ4v) is 8.32. The highest BCUT2D eigenvalue weighted by Gasteiger charge is 2.20. The second-order valence-electron chi connectivity index (χ2n) is 14.5. The number of anilines is 6. The van der Waals surface area contributed by atoms with Gasteiger partial charge in [-0.3, -0.25) is 0 Å². The minimum absolute atomic E-state index is 0.878. The summed E-state index contributed by atoms with van der Waals surface area (Å²) in [5.41, 5.74) is 14.6. The molecule has 4 heteroatoms. The molecule has 0 aliphatic rings. The Morgan fingerprint density at radius 3 is 1.17 bits per heavy atom. The van der Waals surface area contributed by atoms with Crippen LogP contribution in [0.2, 0.25) is 0 Å². The number of benzene rings is 9. The highest BCUT2D eigenvalue weighted by Crippen LogP contribution is 2.44.